The Kier molecular flexibility index (Phi) is 7.24. The molecular weight excluding hydrogens is 334 g/mol. The van der Waals surface area contributed by atoms with Gasteiger partial charge >= 0.3 is 5.97 Å². The molecule has 1 unspecified atom stereocenters. The molecule has 0 bridgehead atoms. The van der Waals surface area contributed by atoms with Gasteiger partial charge in [0.05, 0.1) is 0 Å². The van der Waals surface area contributed by atoms with Gasteiger partial charge in [-0.3, -0.25) is 9.59 Å². The van der Waals surface area contributed by atoms with Crippen molar-refractivity contribution in [3.05, 3.63) is 29.3 Å². The molecule has 23 heavy (non-hydrogen) atoms. The summed E-state index contributed by atoms with van der Waals surface area (Å²) in [6.45, 7) is 1.51. The smallest absolute Gasteiger partial charge is 0.303 e. The molecule has 0 aromatic heterocycles. The number of halogens is 1. The van der Waals surface area contributed by atoms with Crippen LogP contribution >= 0.6 is 23.4 Å². The maximum absolute atomic E-state index is 12.3. The number of benzene rings is 1. The summed E-state index contributed by atoms with van der Waals surface area (Å²) in [6.07, 6.45) is 3.37. The summed E-state index contributed by atoms with van der Waals surface area (Å²) in [6, 6.07) is 7.62. The summed E-state index contributed by atoms with van der Waals surface area (Å²) in [5.41, 5.74) is 0. The van der Waals surface area contributed by atoms with Crippen LogP contribution in [0.4, 0.5) is 0 Å². The Morgan fingerprint density at radius 3 is 2.70 bits per heavy atom. The van der Waals surface area contributed by atoms with Gasteiger partial charge in [0.1, 0.15) is 0 Å². The molecule has 1 heterocycles. The summed E-state index contributed by atoms with van der Waals surface area (Å²) in [5.74, 6) is 0.489. The first-order valence-corrected chi connectivity index (χ1v) is 9.29. The molecule has 1 amide bonds. The summed E-state index contributed by atoms with van der Waals surface area (Å²) < 4.78 is 0. The van der Waals surface area contributed by atoms with Crippen molar-refractivity contribution in [2.75, 3.05) is 18.8 Å². The number of carboxylic acids is 1. The lowest BCUT2D eigenvalue weighted by molar-refractivity contribution is -0.137. The van der Waals surface area contributed by atoms with Crippen molar-refractivity contribution in [1.29, 1.82) is 0 Å². The Balaban J connectivity index is 1.72. The van der Waals surface area contributed by atoms with Gasteiger partial charge in [0.15, 0.2) is 0 Å². The third-order valence-electron chi connectivity index (χ3n) is 4.04. The summed E-state index contributed by atoms with van der Waals surface area (Å²) in [7, 11) is 0. The van der Waals surface area contributed by atoms with Crippen molar-refractivity contribution >= 4 is 35.2 Å². The molecule has 0 aliphatic carbocycles. The van der Waals surface area contributed by atoms with E-state index in [-0.39, 0.29) is 12.3 Å². The van der Waals surface area contributed by atoms with Crippen molar-refractivity contribution in [2.45, 2.75) is 37.0 Å². The Labute approximate surface area is 146 Å². The topological polar surface area (TPSA) is 57.6 Å². The van der Waals surface area contributed by atoms with Crippen LogP contribution in [0.15, 0.2) is 29.2 Å². The molecule has 0 saturated carbocycles. The fraction of sp³-hybridized carbons (Fsp3) is 0.529. The fourth-order valence-electron chi connectivity index (χ4n) is 2.80. The SMILES string of the molecule is O=C(O)CCC1CCCN(C(=O)CCSc2ccc(Cl)cc2)C1. The molecule has 1 aliphatic heterocycles. The Bertz CT molecular complexity index is 535. The Morgan fingerprint density at radius 2 is 2.00 bits per heavy atom. The zero-order chi connectivity index (χ0) is 16.7. The second-order valence-electron chi connectivity index (χ2n) is 5.83. The highest BCUT2D eigenvalue weighted by Crippen LogP contribution is 2.24. The molecule has 126 valence electrons. The van der Waals surface area contributed by atoms with Crippen LogP contribution in [0.3, 0.4) is 0 Å². The number of nitrogens with zero attached hydrogens (tertiary/aromatic N) is 1. The summed E-state index contributed by atoms with van der Waals surface area (Å²) in [4.78, 5) is 26.0. The van der Waals surface area contributed by atoms with E-state index in [1.165, 1.54) is 0 Å². The van der Waals surface area contributed by atoms with Gasteiger partial charge in [0.25, 0.3) is 0 Å². The second kappa shape index (κ2) is 9.18. The molecule has 1 saturated heterocycles. The minimum Gasteiger partial charge on any atom is -0.481 e. The first-order chi connectivity index (χ1) is 11.0. The molecule has 0 radical (unpaired) electrons. The van der Waals surface area contributed by atoms with Gasteiger partial charge in [-0.05, 0) is 49.4 Å². The zero-order valence-corrected chi connectivity index (χ0v) is 14.6. The van der Waals surface area contributed by atoms with E-state index in [9.17, 15) is 9.59 Å². The number of hydrogen-bond acceptors (Lipinski definition) is 3. The molecule has 1 aromatic rings. The zero-order valence-electron chi connectivity index (χ0n) is 13.0. The van der Waals surface area contributed by atoms with Gasteiger partial charge < -0.3 is 10.0 Å². The summed E-state index contributed by atoms with van der Waals surface area (Å²) >= 11 is 7.50. The average Bonchev–Trinajstić information content (AvgIpc) is 2.55. The van der Waals surface area contributed by atoms with Gasteiger partial charge in [0, 0.05) is 41.6 Å². The quantitative estimate of drug-likeness (QED) is 0.753. The van der Waals surface area contributed by atoms with E-state index in [1.54, 1.807) is 11.8 Å². The third kappa shape index (κ3) is 6.43. The lowest BCUT2D eigenvalue weighted by Crippen LogP contribution is -2.40. The van der Waals surface area contributed by atoms with Crippen molar-refractivity contribution in [2.24, 2.45) is 5.92 Å². The molecule has 2 rings (SSSR count). The maximum Gasteiger partial charge on any atom is 0.303 e. The number of carbonyl (C=O) groups is 2. The first kappa shape index (κ1) is 18.1. The number of hydrogen-bond donors (Lipinski definition) is 1. The highest BCUT2D eigenvalue weighted by Gasteiger charge is 2.23. The van der Waals surface area contributed by atoms with E-state index in [4.69, 9.17) is 16.7 Å². The van der Waals surface area contributed by atoms with E-state index < -0.39 is 5.97 Å². The number of likely N-dealkylation sites (tertiary alicyclic amines) is 1. The van der Waals surface area contributed by atoms with Gasteiger partial charge in [-0.1, -0.05) is 11.6 Å². The molecule has 1 fully saturated rings. The average molecular weight is 356 g/mol. The largest absolute Gasteiger partial charge is 0.481 e. The van der Waals surface area contributed by atoms with Crippen LogP contribution in [0.25, 0.3) is 0 Å². The molecular formula is C17H22ClNO3S. The van der Waals surface area contributed by atoms with Crippen molar-refractivity contribution in [3.63, 3.8) is 0 Å². The summed E-state index contributed by atoms with van der Waals surface area (Å²) in [5, 5.41) is 9.48. The second-order valence-corrected chi connectivity index (χ2v) is 7.44. The Hall–Kier alpha value is -1.20. The highest BCUT2D eigenvalue weighted by atomic mass is 35.5. The normalized spacial score (nSPS) is 18.0. The van der Waals surface area contributed by atoms with E-state index in [0.29, 0.717) is 30.3 Å². The van der Waals surface area contributed by atoms with Crippen LogP contribution < -0.4 is 0 Å². The van der Waals surface area contributed by atoms with E-state index in [2.05, 4.69) is 0 Å². The number of piperidine rings is 1. The molecule has 1 aliphatic rings. The van der Waals surface area contributed by atoms with E-state index in [0.717, 1.165) is 30.0 Å². The van der Waals surface area contributed by atoms with E-state index in [1.807, 2.05) is 29.2 Å². The lowest BCUT2D eigenvalue weighted by atomic mass is 9.93. The maximum atomic E-state index is 12.3. The van der Waals surface area contributed by atoms with Crippen LogP contribution in [-0.2, 0) is 9.59 Å². The molecule has 1 N–H and O–H groups in total. The number of rotatable bonds is 7. The molecule has 1 atom stereocenters. The van der Waals surface area contributed by atoms with Crippen LogP contribution in [0, 0.1) is 5.92 Å². The van der Waals surface area contributed by atoms with Crippen LogP contribution in [0.2, 0.25) is 5.02 Å². The minimum atomic E-state index is -0.757. The first-order valence-electron chi connectivity index (χ1n) is 7.92. The highest BCUT2D eigenvalue weighted by molar-refractivity contribution is 7.99. The monoisotopic (exact) mass is 355 g/mol. The third-order valence-corrected chi connectivity index (χ3v) is 5.30. The van der Waals surface area contributed by atoms with Crippen molar-refractivity contribution < 1.29 is 14.7 Å². The number of carboxylic acid groups (broad SMARTS) is 1. The van der Waals surface area contributed by atoms with E-state index >= 15 is 0 Å². The van der Waals surface area contributed by atoms with Crippen molar-refractivity contribution in [3.8, 4) is 0 Å². The van der Waals surface area contributed by atoms with Gasteiger partial charge in [0.2, 0.25) is 5.91 Å². The van der Waals surface area contributed by atoms with Crippen LogP contribution in [0.5, 0.6) is 0 Å². The minimum absolute atomic E-state index is 0.173. The number of thioether (sulfide) groups is 1. The van der Waals surface area contributed by atoms with Gasteiger partial charge in [-0.15, -0.1) is 11.8 Å². The molecule has 4 nitrogen and oxygen atoms in total. The van der Waals surface area contributed by atoms with Crippen LogP contribution in [-0.4, -0.2) is 40.7 Å². The number of amides is 1. The molecule has 0 spiro atoms. The molecule has 6 heteroatoms. The number of aliphatic carboxylic acids is 1. The predicted molar refractivity (Wildman–Crippen MR) is 93.0 cm³/mol. The van der Waals surface area contributed by atoms with Crippen molar-refractivity contribution in [1.82, 2.24) is 4.90 Å². The van der Waals surface area contributed by atoms with Gasteiger partial charge in [-0.25, -0.2) is 0 Å². The molecule has 1 aromatic carbocycles. The Morgan fingerprint density at radius 1 is 1.26 bits per heavy atom. The fourth-order valence-corrected chi connectivity index (χ4v) is 3.77. The van der Waals surface area contributed by atoms with Gasteiger partial charge in [-0.2, -0.15) is 0 Å². The lowest BCUT2D eigenvalue weighted by Gasteiger charge is -2.32. The number of carbonyl (C=O) groups excluding carboxylic acids is 1. The standard InChI is InChI=1S/C17H22ClNO3S/c18-14-4-6-15(7-5-14)23-11-9-16(20)19-10-1-2-13(12-19)3-8-17(21)22/h4-7,13H,1-3,8-12H2,(H,21,22). The predicted octanol–water partition coefficient (Wildman–Crippen LogP) is 3.93. The van der Waals surface area contributed by atoms with Crippen LogP contribution in [0.1, 0.15) is 32.1 Å².